The summed E-state index contributed by atoms with van der Waals surface area (Å²) in [5.74, 6) is -1.84. The number of halogens is 2. The van der Waals surface area contributed by atoms with Crippen LogP contribution in [0.1, 0.15) is 22.8 Å². The van der Waals surface area contributed by atoms with Crippen LogP contribution in [0.5, 0.6) is 0 Å². The number of nitrogens with one attached hydrogen (secondary N) is 1. The topological polar surface area (TPSA) is 108 Å². The molecule has 0 aliphatic rings. The van der Waals surface area contributed by atoms with Crippen LogP contribution >= 0.6 is 0 Å². The lowest BCUT2D eigenvalue weighted by Crippen LogP contribution is -2.25. The molecule has 9 nitrogen and oxygen atoms in total. The summed E-state index contributed by atoms with van der Waals surface area (Å²) in [6, 6.07) is 9.84. The van der Waals surface area contributed by atoms with E-state index < -0.39 is 28.8 Å². The van der Waals surface area contributed by atoms with E-state index in [0.29, 0.717) is 11.1 Å². The third-order valence-corrected chi connectivity index (χ3v) is 5.56. The molecule has 1 N–H and O–H groups in total. The highest BCUT2D eigenvalue weighted by Gasteiger charge is 2.22. The number of para-hydroxylation sites is 1. The molecule has 0 fully saturated rings. The third-order valence-electron chi connectivity index (χ3n) is 5.56. The number of benzene rings is 2. The molecule has 5 aromatic rings. The van der Waals surface area contributed by atoms with E-state index in [9.17, 15) is 18.4 Å². The lowest BCUT2D eigenvalue weighted by atomic mass is 10.0. The zero-order valence-electron chi connectivity index (χ0n) is 18.6. The highest BCUT2D eigenvalue weighted by atomic mass is 19.1. The average Bonchev–Trinajstić information content (AvgIpc) is 3.49. The molecular weight excluding hydrogens is 458 g/mol. The van der Waals surface area contributed by atoms with Crippen LogP contribution < -0.4 is 10.9 Å². The lowest BCUT2D eigenvalue weighted by molar-refractivity contribution is 0.102. The minimum absolute atomic E-state index is 0.0847. The van der Waals surface area contributed by atoms with Crippen LogP contribution in [-0.4, -0.2) is 30.4 Å². The molecule has 1 amide bonds. The number of nitrogens with zero attached hydrogens (tertiary/aromatic N) is 5. The first-order valence-electron chi connectivity index (χ1n) is 10.6. The van der Waals surface area contributed by atoms with E-state index in [4.69, 9.17) is 4.52 Å². The second-order valence-electron chi connectivity index (χ2n) is 7.71. The summed E-state index contributed by atoms with van der Waals surface area (Å²) in [5, 5.41) is 10.4. The number of amides is 1. The van der Waals surface area contributed by atoms with E-state index in [0.717, 1.165) is 16.8 Å². The summed E-state index contributed by atoms with van der Waals surface area (Å²) in [5.41, 5.74) is 1.04. The van der Waals surface area contributed by atoms with E-state index in [2.05, 4.69) is 20.6 Å². The van der Waals surface area contributed by atoms with Gasteiger partial charge >= 0.3 is 0 Å². The molecule has 0 atom stereocenters. The summed E-state index contributed by atoms with van der Waals surface area (Å²) < 4.78 is 36.1. The maximum Gasteiger partial charge on any atom is 0.278 e. The quantitative estimate of drug-likeness (QED) is 0.409. The van der Waals surface area contributed by atoms with Gasteiger partial charge in [-0.05, 0) is 43.7 Å². The van der Waals surface area contributed by atoms with E-state index in [-0.39, 0.29) is 34.8 Å². The normalized spacial score (nSPS) is 11.2. The molecule has 0 saturated heterocycles. The predicted molar refractivity (Wildman–Crippen MR) is 123 cm³/mol. The zero-order chi connectivity index (χ0) is 24.7. The maximum absolute atomic E-state index is 14.5. The van der Waals surface area contributed by atoms with Crippen LogP contribution in [-0.2, 0) is 6.54 Å². The fourth-order valence-electron chi connectivity index (χ4n) is 3.86. The second-order valence-corrected chi connectivity index (χ2v) is 7.71. The first-order chi connectivity index (χ1) is 16.9. The Morgan fingerprint density at radius 3 is 2.60 bits per heavy atom. The Balaban J connectivity index is 1.67. The summed E-state index contributed by atoms with van der Waals surface area (Å²) >= 11 is 0. The van der Waals surface area contributed by atoms with Crippen LogP contribution in [0.25, 0.3) is 28.1 Å². The van der Waals surface area contributed by atoms with E-state index in [1.54, 1.807) is 32.0 Å². The molecule has 11 heteroatoms. The first kappa shape index (κ1) is 22.1. The third kappa shape index (κ3) is 3.76. The van der Waals surface area contributed by atoms with Gasteiger partial charge in [-0.15, -0.1) is 0 Å². The van der Waals surface area contributed by atoms with Crippen molar-refractivity contribution in [2.75, 3.05) is 5.32 Å². The predicted octanol–water partition coefficient (Wildman–Crippen LogP) is 4.10. The van der Waals surface area contributed by atoms with Crippen LogP contribution in [0, 0.1) is 18.6 Å². The van der Waals surface area contributed by atoms with E-state index in [1.807, 2.05) is 0 Å². The molecule has 0 spiro atoms. The Hall–Kier alpha value is -4.67. The number of carbonyl (C=O) groups is 1. The molecule has 176 valence electrons. The largest absolute Gasteiger partial charge is 0.363 e. The van der Waals surface area contributed by atoms with Crippen molar-refractivity contribution in [2.45, 2.75) is 20.4 Å². The number of hydrogen-bond donors (Lipinski definition) is 1. The molecule has 3 heterocycles. The van der Waals surface area contributed by atoms with E-state index >= 15 is 0 Å². The Morgan fingerprint density at radius 2 is 1.91 bits per heavy atom. The lowest BCUT2D eigenvalue weighted by Gasteiger charge is -2.13. The van der Waals surface area contributed by atoms with Crippen molar-refractivity contribution < 1.29 is 18.1 Å². The minimum Gasteiger partial charge on any atom is -0.363 e. The maximum atomic E-state index is 14.5. The van der Waals surface area contributed by atoms with Gasteiger partial charge in [-0.2, -0.15) is 5.10 Å². The smallest absolute Gasteiger partial charge is 0.278 e. The van der Waals surface area contributed by atoms with Crippen molar-refractivity contribution in [3.05, 3.63) is 88.0 Å². The van der Waals surface area contributed by atoms with Crippen molar-refractivity contribution in [3.8, 4) is 16.9 Å². The van der Waals surface area contributed by atoms with Crippen LogP contribution in [0.15, 0.2) is 64.2 Å². The van der Waals surface area contributed by atoms with Crippen LogP contribution in [0.3, 0.4) is 0 Å². The highest BCUT2D eigenvalue weighted by molar-refractivity contribution is 6.04. The number of fused-ring (bicyclic) bond motifs is 1. The van der Waals surface area contributed by atoms with Gasteiger partial charge in [0, 0.05) is 23.7 Å². The van der Waals surface area contributed by atoms with Gasteiger partial charge in [0.05, 0.1) is 6.20 Å². The number of carbonyl (C=O) groups excluding carboxylic acids is 1. The Kier molecular flexibility index (Phi) is 5.44. The van der Waals surface area contributed by atoms with Crippen LogP contribution in [0.4, 0.5) is 14.6 Å². The number of anilines is 1. The standard InChI is InChI=1S/C24H18F2N6O3/c1-3-31-23-18(12-27-32(23)21-16(25)5-4-6-17(21)26)28-20(24(31)34)15-11-14(8-7-13(15)2)22(33)29-19-9-10-35-30-19/h4-12H,3H2,1-2H3,(H,29,30,33). The average molecular weight is 476 g/mol. The van der Waals surface area contributed by atoms with Gasteiger partial charge in [0.2, 0.25) is 0 Å². The molecule has 5 rings (SSSR count). The summed E-state index contributed by atoms with van der Waals surface area (Å²) in [4.78, 5) is 30.7. The SMILES string of the molecule is CCn1c(=O)c(-c2cc(C(=O)Nc3ccon3)ccc2C)nc2cnn(-c3c(F)cccc3F)c21. The summed E-state index contributed by atoms with van der Waals surface area (Å²) in [7, 11) is 0. The zero-order valence-corrected chi connectivity index (χ0v) is 18.6. The highest BCUT2D eigenvalue weighted by Crippen LogP contribution is 2.26. The molecule has 3 aromatic heterocycles. The molecule has 0 unspecified atom stereocenters. The molecule has 0 saturated carbocycles. The van der Waals surface area contributed by atoms with Gasteiger partial charge in [-0.1, -0.05) is 17.3 Å². The number of rotatable bonds is 5. The molecule has 35 heavy (non-hydrogen) atoms. The summed E-state index contributed by atoms with van der Waals surface area (Å²) in [6.45, 7) is 3.71. The Bertz CT molecular complexity index is 1620. The monoisotopic (exact) mass is 476 g/mol. The van der Waals surface area contributed by atoms with Crippen molar-refractivity contribution >= 4 is 22.9 Å². The van der Waals surface area contributed by atoms with Gasteiger partial charge in [0.1, 0.15) is 23.2 Å². The molecular formula is C24H18F2N6O3. The Morgan fingerprint density at radius 1 is 1.14 bits per heavy atom. The van der Waals surface area contributed by atoms with Crippen molar-refractivity contribution in [3.63, 3.8) is 0 Å². The van der Waals surface area contributed by atoms with Gasteiger partial charge in [0.25, 0.3) is 11.5 Å². The van der Waals surface area contributed by atoms with E-state index in [1.165, 1.54) is 29.2 Å². The second kappa shape index (κ2) is 8.60. The molecule has 0 bridgehead atoms. The van der Waals surface area contributed by atoms with Gasteiger partial charge < -0.3 is 9.84 Å². The van der Waals surface area contributed by atoms with Crippen molar-refractivity contribution in [1.29, 1.82) is 0 Å². The molecule has 0 aliphatic carbocycles. The van der Waals surface area contributed by atoms with Crippen LogP contribution in [0.2, 0.25) is 0 Å². The van der Waals surface area contributed by atoms with Crippen molar-refractivity contribution in [2.24, 2.45) is 0 Å². The number of aromatic nitrogens is 5. The first-order valence-corrected chi connectivity index (χ1v) is 10.6. The van der Waals surface area contributed by atoms with Gasteiger partial charge in [-0.3, -0.25) is 14.2 Å². The minimum atomic E-state index is -0.823. The molecule has 2 aromatic carbocycles. The van der Waals surface area contributed by atoms with Crippen molar-refractivity contribution in [1.82, 2.24) is 24.5 Å². The van der Waals surface area contributed by atoms with Gasteiger partial charge in [-0.25, -0.2) is 18.4 Å². The van der Waals surface area contributed by atoms with Gasteiger partial charge in [0.15, 0.2) is 23.1 Å². The summed E-state index contributed by atoms with van der Waals surface area (Å²) in [6.07, 6.45) is 2.67. The fourth-order valence-corrected chi connectivity index (χ4v) is 3.86. The molecule has 0 aliphatic heterocycles. The molecule has 0 radical (unpaired) electrons. The number of hydrogen-bond acceptors (Lipinski definition) is 6. The number of aryl methyl sites for hydroxylation is 2. The Labute approximate surface area is 196 Å². The fraction of sp³-hybridized carbons (Fsp3) is 0.125.